The number of H-pyrrole nitrogens is 1. The molecule has 134 valence electrons. The first-order valence-corrected chi connectivity index (χ1v) is 8.74. The van der Waals surface area contributed by atoms with Gasteiger partial charge in [-0.1, -0.05) is 60.1 Å². The summed E-state index contributed by atoms with van der Waals surface area (Å²) in [6.07, 6.45) is 0.852. The molecule has 7 heteroatoms. The van der Waals surface area contributed by atoms with Crippen molar-refractivity contribution in [3.05, 3.63) is 76.6 Å². The van der Waals surface area contributed by atoms with Crippen molar-refractivity contribution in [1.82, 2.24) is 20.5 Å². The summed E-state index contributed by atoms with van der Waals surface area (Å²) in [6, 6.07) is 17.5. The molecular weight excluding hydrogens is 350 g/mol. The summed E-state index contributed by atoms with van der Waals surface area (Å²) >= 11 is 6.38. The highest BCUT2D eigenvalue weighted by Crippen LogP contribution is 2.32. The third kappa shape index (κ3) is 4.61. The van der Waals surface area contributed by atoms with Crippen LogP contribution in [-0.4, -0.2) is 27.6 Å². The fourth-order valence-electron chi connectivity index (χ4n) is 2.85. The number of hydrogen-bond acceptors (Lipinski definition) is 4. The van der Waals surface area contributed by atoms with Crippen LogP contribution in [0.15, 0.2) is 54.6 Å². The van der Waals surface area contributed by atoms with E-state index in [2.05, 4.69) is 20.5 Å². The molecule has 3 aromatic rings. The topological polar surface area (TPSA) is 96.7 Å². The summed E-state index contributed by atoms with van der Waals surface area (Å²) in [4.78, 5) is 16.5. The fraction of sp³-hybridized carbons (Fsp3) is 0.211. The summed E-state index contributed by atoms with van der Waals surface area (Å²) in [7, 11) is 0. The number of benzene rings is 2. The molecule has 0 saturated heterocycles. The highest BCUT2D eigenvalue weighted by Gasteiger charge is 2.20. The first-order valence-electron chi connectivity index (χ1n) is 8.36. The van der Waals surface area contributed by atoms with Gasteiger partial charge in [0.1, 0.15) is 5.82 Å². The molecule has 0 aliphatic rings. The van der Waals surface area contributed by atoms with Crippen LogP contribution in [0.5, 0.6) is 0 Å². The Hall–Kier alpha value is -2.86. The molecule has 0 radical (unpaired) electrons. The van der Waals surface area contributed by atoms with E-state index in [9.17, 15) is 4.79 Å². The highest BCUT2D eigenvalue weighted by atomic mass is 35.5. The molecule has 0 saturated carbocycles. The second-order valence-corrected chi connectivity index (χ2v) is 6.34. The molecule has 26 heavy (non-hydrogen) atoms. The predicted molar refractivity (Wildman–Crippen MR) is 102 cm³/mol. The zero-order valence-corrected chi connectivity index (χ0v) is 14.9. The second kappa shape index (κ2) is 8.49. The van der Waals surface area contributed by atoms with Crippen LogP contribution in [0, 0.1) is 0 Å². The summed E-state index contributed by atoms with van der Waals surface area (Å²) in [5.41, 5.74) is 7.46. The van der Waals surface area contributed by atoms with Gasteiger partial charge >= 0.3 is 0 Å². The first-order chi connectivity index (χ1) is 12.6. The third-order valence-electron chi connectivity index (χ3n) is 4.11. The Morgan fingerprint density at radius 3 is 2.58 bits per heavy atom. The lowest BCUT2D eigenvalue weighted by atomic mass is 9.88. The number of nitrogens with two attached hydrogens (primary N) is 1. The molecule has 2 aromatic carbocycles. The van der Waals surface area contributed by atoms with Gasteiger partial charge in [0.05, 0.1) is 0 Å². The third-order valence-corrected chi connectivity index (χ3v) is 4.45. The Morgan fingerprint density at radius 2 is 1.88 bits per heavy atom. The summed E-state index contributed by atoms with van der Waals surface area (Å²) in [5.74, 6) is 0.694. The summed E-state index contributed by atoms with van der Waals surface area (Å²) in [6.45, 7) is 0.456. The van der Waals surface area contributed by atoms with E-state index < -0.39 is 0 Å². The van der Waals surface area contributed by atoms with Gasteiger partial charge in [-0.15, -0.1) is 5.10 Å². The largest absolute Gasteiger partial charge is 0.367 e. The Balaban J connectivity index is 1.67. The van der Waals surface area contributed by atoms with Crippen molar-refractivity contribution in [3.63, 3.8) is 0 Å². The molecular formula is C19H20ClN5O. The molecule has 1 unspecified atom stereocenters. The van der Waals surface area contributed by atoms with Crippen LogP contribution < -0.4 is 11.1 Å². The first kappa shape index (κ1) is 17.9. The SMILES string of the molecule is Nc1n[nH]c(CCNC(=O)CC(c2ccccc2)c2ccccc2Cl)n1. The molecule has 6 nitrogen and oxygen atoms in total. The number of carbonyl (C=O) groups is 1. The number of anilines is 1. The van der Waals surface area contributed by atoms with E-state index in [1.807, 2.05) is 54.6 Å². The van der Waals surface area contributed by atoms with Crippen molar-refractivity contribution in [2.45, 2.75) is 18.8 Å². The van der Waals surface area contributed by atoms with Crippen molar-refractivity contribution in [3.8, 4) is 0 Å². The maximum Gasteiger partial charge on any atom is 0.239 e. The van der Waals surface area contributed by atoms with Gasteiger partial charge in [0.15, 0.2) is 0 Å². The van der Waals surface area contributed by atoms with Gasteiger partial charge in [0.25, 0.3) is 0 Å². The van der Waals surface area contributed by atoms with E-state index >= 15 is 0 Å². The molecule has 3 rings (SSSR count). The Morgan fingerprint density at radius 1 is 1.15 bits per heavy atom. The van der Waals surface area contributed by atoms with E-state index in [0.29, 0.717) is 30.2 Å². The van der Waals surface area contributed by atoms with Gasteiger partial charge in [0, 0.05) is 30.3 Å². The van der Waals surface area contributed by atoms with Crippen molar-refractivity contribution < 1.29 is 4.79 Å². The quantitative estimate of drug-likeness (QED) is 0.596. The number of aromatic nitrogens is 3. The summed E-state index contributed by atoms with van der Waals surface area (Å²) < 4.78 is 0. The summed E-state index contributed by atoms with van der Waals surface area (Å²) in [5, 5.41) is 10.1. The van der Waals surface area contributed by atoms with Crippen LogP contribution in [0.1, 0.15) is 29.3 Å². The molecule has 0 spiro atoms. The minimum absolute atomic E-state index is 0.0498. The number of halogens is 1. The molecule has 1 atom stereocenters. The Bertz CT molecular complexity index is 865. The molecule has 1 heterocycles. The van der Waals surface area contributed by atoms with Crippen LogP contribution in [0.2, 0.25) is 5.02 Å². The number of carbonyl (C=O) groups excluding carboxylic acids is 1. The van der Waals surface area contributed by atoms with Crippen LogP contribution in [0.4, 0.5) is 5.95 Å². The van der Waals surface area contributed by atoms with Gasteiger partial charge in [-0.05, 0) is 17.2 Å². The minimum atomic E-state index is -0.106. The maximum absolute atomic E-state index is 12.5. The van der Waals surface area contributed by atoms with E-state index in [1.54, 1.807) is 0 Å². The van der Waals surface area contributed by atoms with Gasteiger partial charge in [-0.25, -0.2) is 0 Å². The number of nitrogen functional groups attached to an aromatic ring is 1. The number of nitrogens with zero attached hydrogens (tertiary/aromatic N) is 2. The highest BCUT2D eigenvalue weighted by molar-refractivity contribution is 6.31. The minimum Gasteiger partial charge on any atom is -0.367 e. The standard InChI is InChI=1S/C19H20ClN5O/c20-16-9-5-4-8-14(16)15(13-6-2-1-3-7-13)12-18(26)22-11-10-17-23-19(21)25-24-17/h1-9,15H,10-12H2,(H,22,26)(H3,21,23,24,25). The average molecular weight is 370 g/mol. The fourth-order valence-corrected chi connectivity index (χ4v) is 3.12. The normalized spacial score (nSPS) is 11.9. The number of hydrogen-bond donors (Lipinski definition) is 3. The van der Waals surface area contributed by atoms with Crippen LogP contribution >= 0.6 is 11.6 Å². The molecule has 1 amide bonds. The lowest BCUT2D eigenvalue weighted by Crippen LogP contribution is -2.27. The van der Waals surface area contributed by atoms with E-state index in [0.717, 1.165) is 11.1 Å². The van der Waals surface area contributed by atoms with Crippen molar-refractivity contribution >= 4 is 23.5 Å². The van der Waals surface area contributed by atoms with Gasteiger partial charge in [-0.2, -0.15) is 4.98 Å². The van der Waals surface area contributed by atoms with E-state index in [4.69, 9.17) is 17.3 Å². The number of rotatable bonds is 7. The van der Waals surface area contributed by atoms with Gasteiger partial charge in [-0.3, -0.25) is 9.89 Å². The number of nitrogens with one attached hydrogen (secondary N) is 2. The van der Waals surface area contributed by atoms with E-state index in [-0.39, 0.29) is 17.8 Å². The maximum atomic E-state index is 12.5. The zero-order valence-electron chi connectivity index (χ0n) is 14.2. The zero-order chi connectivity index (χ0) is 18.4. The Kier molecular flexibility index (Phi) is 5.86. The van der Waals surface area contributed by atoms with Gasteiger partial charge in [0.2, 0.25) is 11.9 Å². The van der Waals surface area contributed by atoms with Gasteiger partial charge < -0.3 is 11.1 Å². The molecule has 4 N–H and O–H groups in total. The predicted octanol–water partition coefficient (Wildman–Crippen LogP) is 2.92. The average Bonchev–Trinajstić information content (AvgIpc) is 3.06. The molecule has 0 aliphatic carbocycles. The lowest BCUT2D eigenvalue weighted by Gasteiger charge is -2.19. The molecule has 0 fully saturated rings. The number of amides is 1. The smallest absolute Gasteiger partial charge is 0.239 e. The lowest BCUT2D eigenvalue weighted by molar-refractivity contribution is -0.121. The van der Waals surface area contributed by atoms with Crippen LogP contribution in [-0.2, 0) is 11.2 Å². The van der Waals surface area contributed by atoms with Crippen LogP contribution in [0.25, 0.3) is 0 Å². The van der Waals surface area contributed by atoms with Crippen molar-refractivity contribution in [2.24, 2.45) is 0 Å². The second-order valence-electron chi connectivity index (χ2n) is 5.93. The molecule has 0 bridgehead atoms. The van der Waals surface area contributed by atoms with Crippen LogP contribution in [0.3, 0.4) is 0 Å². The van der Waals surface area contributed by atoms with Crippen molar-refractivity contribution in [1.29, 1.82) is 0 Å². The Labute approximate surface area is 156 Å². The molecule has 1 aromatic heterocycles. The monoisotopic (exact) mass is 369 g/mol. The number of aromatic amines is 1. The molecule has 0 aliphatic heterocycles. The van der Waals surface area contributed by atoms with E-state index in [1.165, 1.54) is 0 Å². The van der Waals surface area contributed by atoms with Crippen molar-refractivity contribution in [2.75, 3.05) is 12.3 Å².